The first kappa shape index (κ1) is 14.4. The second-order valence-corrected chi connectivity index (χ2v) is 4.92. The summed E-state index contributed by atoms with van der Waals surface area (Å²) in [7, 11) is 1.55. The van der Waals surface area contributed by atoms with Gasteiger partial charge >= 0.3 is 5.97 Å². The fourth-order valence-corrected chi connectivity index (χ4v) is 1.58. The van der Waals surface area contributed by atoms with Crippen LogP contribution in [0.15, 0.2) is 18.2 Å². The maximum absolute atomic E-state index is 12.1. The van der Waals surface area contributed by atoms with Crippen molar-refractivity contribution >= 4 is 11.7 Å². The largest absolute Gasteiger partial charge is 0.494 e. The minimum Gasteiger partial charge on any atom is -0.494 e. The van der Waals surface area contributed by atoms with Crippen LogP contribution in [0.1, 0.15) is 38.1 Å². The molecule has 100 valence electrons. The van der Waals surface area contributed by atoms with Crippen LogP contribution in [0.2, 0.25) is 0 Å². The van der Waals surface area contributed by atoms with Crippen molar-refractivity contribution in [3.63, 3.8) is 0 Å². The molecular weight excluding hydrogens is 230 g/mol. The van der Waals surface area contributed by atoms with Crippen LogP contribution in [0.4, 0.5) is 5.69 Å². The molecule has 1 N–H and O–H groups in total. The molecule has 0 radical (unpaired) electrons. The second-order valence-electron chi connectivity index (χ2n) is 4.92. The fourth-order valence-electron chi connectivity index (χ4n) is 1.58. The van der Waals surface area contributed by atoms with Crippen molar-refractivity contribution in [2.75, 3.05) is 19.0 Å². The number of anilines is 1. The van der Waals surface area contributed by atoms with E-state index in [2.05, 4.69) is 5.32 Å². The van der Waals surface area contributed by atoms with E-state index in [0.29, 0.717) is 11.3 Å². The minimum atomic E-state index is -0.518. The van der Waals surface area contributed by atoms with E-state index in [1.807, 2.05) is 33.8 Å². The summed E-state index contributed by atoms with van der Waals surface area (Å²) in [6.07, 6.45) is 0. The van der Waals surface area contributed by atoms with Crippen LogP contribution in [0.5, 0.6) is 5.75 Å². The van der Waals surface area contributed by atoms with Crippen molar-refractivity contribution in [1.29, 1.82) is 0 Å². The summed E-state index contributed by atoms with van der Waals surface area (Å²) in [5.41, 5.74) is 0.713. The van der Waals surface area contributed by atoms with Gasteiger partial charge in [-0.05, 0) is 39.8 Å². The number of rotatable bonds is 4. The van der Waals surface area contributed by atoms with Crippen LogP contribution in [0.25, 0.3) is 0 Å². The first-order valence-corrected chi connectivity index (χ1v) is 6.03. The molecule has 0 unspecified atom stereocenters. The zero-order valence-corrected chi connectivity index (χ0v) is 11.7. The molecule has 4 nitrogen and oxygen atoms in total. The number of para-hydroxylation sites is 1. The van der Waals surface area contributed by atoms with Gasteiger partial charge in [0.15, 0.2) is 5.75 Å². The highest BCUT2D eigenvalue weighted by Gasteiger charge is 2.22. The summed E-state index contributed by atoms with van der Waals surface area (Å²) in [6.45, 7) is 8.26. The van der Waals surface area contributed by atoms with Gasteiger partial charge in [0.25, 0.3) is 0 Å². The Balaban J connectivity index is 3.08. The van der Waals surface area contributed by atoms with Gasteiger partial charge in [0.2, 0.25) is 0 Å². The first-order chi connectivity index (χ1) is 8.39. The van der Waals surface area contributed by atoms with Gasteiger partial charge in [-0.2, -0.15) is 0 Å². The molecule has 1 rings (SSSR count). The van der Waals surface area contributed by atoms with E-state index in [0.717, 1.165) is 12.2 Å². The number of hydrogen-bond donors (Lipinski definition) is 1. The minimum absolute atomic E-state index is 0.376. The number of carbonyl (C=O) groups is 1. The van der Waals surface area contributed by atoms with Crippen LogP contribution >= 0.6 is 0 Å². The third-order valence-corrected chi connectivity index (χ3v) is 2.21. The molecule has 0 aliphatic rings. The van der Waals surface area contributed by atoms with E-state index >= 15 is 0 Å². The van der Waals surface area contributed by atoms with Crippen molar-refractivity contribution in [2.45, 2.75) is 33.3 Å². The zero-order valence-electron chi connectivity index (χ0n) is 11.7. The summed E-state index contributed by atoms with van der Waals surface area (Å²) >= 11 is 0. The lowest BCUT2D eigenvalue weighted by atomic mass is 10.1. The lowest BCUT2D eigenvalue weighted by Gasteiger charge is -2.21. The Kier molecular flexibility index (Phi) is 4.59. The maximum atomic E-state index is 12.1. The summed E-state index contributed by atoms with van der Waals surface area (Å²) in [5, 5.41) is 3.15. The average Bonchev–Trinajstić information content (AvgIpc) is 2.27. The first-order valence-electron chi connectivity index (χ1n) is 6.03. The number of nitrogens with one attached hydrogen (secondary N) is 1. The molecule has 0 aliphatic carbocycles. The molecule has 1 aromatic carbocycles. The van der Waals surface area contributed by atoms with Crippen molar-refractivity contribution in [1.82, 2.24) is 0 Å². The smallest absolute Gasteiger partial charge is 0.342 e. The van der Waals surface area contributed by atoms with Crippen LogP contribution in [0, 0.1) is 0 Å². The predicted octanol–water partition coefficient (Wildman–Crippen LogP) is 3.08. The molecule has 0 bridgehead atoms. The third-order valence-electron chi connectivity index (χ3n) is 2.21. The summed E-state index contributed by atoms with van der Waals surface area (Å²) in [4.78, 5) is 12.1. The third kappa shape index (κ3) is 3.65. The number of ether oxygens (including phenoxy) is 2. The zero-order chi connectivity index (χ0) is 13.8. The Bertz CT molecular complexity index is 422. The number of methoxy groups -OCH3 is 1. The van der Waals surface area contributed by atoms with Gasteiger partial charge in [0, 0.05) is 6.54 Å². The van der Waals surface area contributed by atoms with Gasteiger partial charge in [0.05, 0.1) is 12.8 Å². The lowest BCUT2D eigenvalue weighted by molar-refractivity contribution is 0.00666. The molecule has 0 amide bonds. The molecule has 0 aromatic heterocycles. The monoisotopic (exact) mass is 251 g/mol. The second kappa shape index (κ2) is 5.76. The SMILES string of the molecule is CCNc1cccc(C(=O)OC(C)(C)C)c1OC. The fraction of sp³-hybridized carbons (Fsp3) is 0.500. The van der Waals surface area contributed by atoms with Crippen LogP contribution in [0.3, 0.4) is 0 Å². The van der Waals surface area contributed by atoms with Crippen molar-refractivity contribution in [3.8, 4) is 5.75 Å². The van der Waals surface area contributed by atoms with E-state index in [1.54, 1.807) is 19.2 Å². The topological polar surface area (TPSA) is 47.6 Å². The number of carbonyl (C=O) groups excluding carboxylic acids is 1. The molecule has 18 heavy (non-hydrogen) atoms. The highest BCUT2D eigenvalue weighted by molar-refractivity contribution is 5.95. The predicted molar refractivity (Wildman–Crippen MR) is 72.3 cm³/mol. The van der Waals surface area contributed by atoms with Gasteiger partial charge in [-0.25, -0.2) is 4.79 Å². The summed E-state index contributed by atoms with van der Waals surface area (Å²) in [5.74, 6) is 0.146. The molecular formula is C14H21NO3. The van der Waals surface area contributed by atoms with Crippen LogP contribution in [-0.4, -0.2) is 25.2 Å². The Morgan fingerprint density at radius 1 is 1.33 bits per heavy atom. The van der Waals surface area contributed by atoms with Gasteiger partial charge in [-0.15, -0.1) is 0 Å². The number of hydrogen-bond acceptors (Lipinski definition) is 4. The van der Waals surface area contributed by atoms with Crippen molar-refractivity contribution < 1.29 is 14.3 Å². The standard InChI is InChI=1S/C14H21NO3/c1-6-15-11-9-7-8-10(12(11)17-5)13(16)18-14(2,3)4/h7-9,15H,6H2,1-5H3. The number of esters is 1. The Hall–Kier alpha value is -1.71. The maximum Gasteiger partial charge on any atom is 0.342 e. The highest BCUT2D eigenvalue weighted by atomic mass is 16.6. The van der Waals surface area contributed by atoms with E-state index in [1.165, 1.54) is 0 Å². The Morgan fingerprint density at radius 3 is 2.50 bits per heavy atom. The van der Waals surface area contributed by atoms with E-state index in [-0.39, 0.29) is 5.97 Å². The lowest BCUT2D eigenvalue weighted by Crippen LogP contribution is -2.24. The van der Waals surface area contributed by atoms with Crippen LogP contribution < -0.4 is 10.1 Å². The highest BCUT2D eigenvalue weighted by Crippen LogP contribution is 2.30. The Morgan fingerprint density at radius 2 is 2.00 bits per heavy atom. The van der Waals surface area contributed by atoms with Crippen molar-refractivity contribution in [2.24, 2.45) is 0 Å². The average molecular weight is 251 g/mol. The van der Waals surface area contributed by atoms with E-state index in [4.69, 9.17) is 9.47 Å². The molecule has 4 heteroatoms. The molecule has 0 spiro atoms. The van der Waals surface area contributed by atoms with Gasteiger partial charge in [-0.3, -0.25) is 0 Å². The summed E-state index contributed by atoms with van der Waals surface area (Å²) in [6, 6.07) is 5.38. The Labute approximate surface area is 108 Å². The molecule has 0 atom stereocenters. The molecule has 0 saturated carbocycles. The van der Waals surface area contributed by atoms with Crippen LogP contribution in [-0.2, 0) is 4.74 Å². The molecule has 0 heterocycles. The van der Waals surface area contributed by atoms with E-state index in [9.17, 15) is 4.79 Å². The molecule has 0 saturated heterocycles. The molecule has 0 fully saturated rings. The normalized spacial score (nSPS) is 10.9. The van der Waals surface area contributed by atoms with E-state index < -0.39 is 5.60 Å². The van der Waals surface area contributed by atoms with Crippen molar-refractivity contribution in [3.05, 3.63) is 23.8 Å². The summed E-state index contributed by atoms with van der Waals surface area (Å²) < 4.78 is 10.7. The van der Waals surface area contributed by atoms with Gasteiger partial charge < -0.3 is 14.8 Å². The van der Waals surface area contributed by atoms with Gasteiger partial charge in [0.1, 0.15) is 11.2 Å². The quantitative estimate of drug-likeness (QED) is 0.835. The molecule has 1 aromatic rings. The molecule has 0 aliphatic heterocycles. The number of benzene rings is 1. The van der Waals surface area contributed by atoms with Gasteiger partial charge in [-0.1, -0.05) is 6.07 Å².